The van der Waals surface area contributed by atoms with Crippen molar-refractivity contribution in [3.63, 3.8) is 0 Å². The normalized spacial score (nSPS) is 47.6. The molecule has 0 spiro atoms. The predicted molar refractivity (Wildman–Crippen MR) is 114 cm³/mol. The molecule has 8 heteroatoms. The van der Waals surface area contributed by atoms with E-state index in [-0.39, 0.29) is 6.42 Å². The molecule has 8 unspecified atom stereocenters. The highest BCUT2D eigenvalue weighted by Crippen LogP contribution is 2.67. The smallest absolute Gasteiger partial charge is 0.303 e. The van der Waals surface area contributed by atoms with E-state index in [0.717, 1.165) is 0 Å². The minimum Gasteiger partial charge on any atom is -0.462 e. The Morgan fingerprint density at radius 1 is 1.12 bits per heavy atom. The number of aliphatic hydroxyl groups excluding tert-OH is 1. The monoisotopic (exact) mass is 452 g/mol. The third-order valence-electron chi connectivity index (χ3n) is 8.29. The fourth-order valence-corrected chi connectivity index (χ4v) is 7.02. The highest BCUT2D eigenvalue weighted by molar-refractivity contribution is 5.92. The van der Waals surface area contributed by atoms with Crippen molar-refractivity contribution < 1.29 is 38.8 Å². The molecule has 1 heterocycles. The van der Waals surface area contributed by atoms with Gasteiger partial charge in [-0.3, -0.25) is 14.4 Å². The molecule has 1 aliphatic heterocycles. The van der Waals surface area contributed by atoms with Crippen LogP contribution in [0.15, 0.2) is 12.7 Å². The van der Waals surface area contributed by atoms with Gasteiger partial charge >= 0.3 is 11.9 Å². The first-order valence-electron chi connectivity index (χ1n) is 11.1. The first-order valence-corrected chi connectivity index (χ1v) is 11.1. The van der Waals surface area contributed by atoms with Crippen LogP contribution in [0.5, 0.6) is 0 Å². The van der Waals surface area contributed by atoms with Crippen LogP contribution in [0, 0.1) is 16.7 Å². The summed E-state index contributed by atoms with van der Waals surface area (Å²) in [4.78, 5) is 37.9. The fraction of sp³-hybridized carbons (Fsp3) is 0.792. The quantitative estimate of drug-likeness (QED) is 0.493. The lowest BCUT2D eigenvalue weighted by molar-refractivity contribution is -0.370. The van der Waals surface area contributed by atoms with Gasteiger partial charge < -0.3 is 24.4 Å². The van der Waals surface area contributed by atoms with E-state index in [4.69, 9.17) is 14.2 Å². The highest BCUT2D eigenvalue weighted by atomic mass is 16.6. The zero-order chi connectivity index (χ0) is 24.5. The number of esters is 2. The zero-order valence-corrected chi connectivity index (χ0v) is 20.1. The van der Waals surface area contributed by atoms with Crippen LogP contribution in [0.1, 0.15) is 67.7 Å². The number of carbonyl (C=O) groups is 3. The summed E-state index contributed by atoms with van der Waals surface area (Å²) in [6.07, 6.45) is -1.20. The van der Waals surface area contributed by atoms with Gasteiger partial charge in [0.25, 0.3) is 0 Å². The number of hydrogen-bond donors (Lipinski definition) is 2. The van der Waals surface area contributed by atoms with Gasteiger partial charge in [-0.1, -0.05) is 26.8 Å². The molecule has 0 aromatic heterocycles. The summed E-state index contributed by atoms with van der Waals surface area (Å²) in [6, 6.07) is 0. The summed E-state index contributed by atoms with van der Waals surface area (Å²) in [5.74, 6) is -2.48. The first kappa shape index (κ1) is 24.9. The van der Waals surface area contributed by atoms with Crippen molar-refractivity contribution in [1.82, 2.24) is 0 Å². The SMILES string of the molecule is C=CC1(C)CC(=O)C2(O)C(C)(O1)C(OC(C)=O)C(O)C1C(C)(C)CCC(OC(C)=O)C12C. The van der Waals surface area contributed by atoms with E-state index in [0.29, 0.717) is 12.8 Å². The van der Waals surface area contributed by atoms with Crippen molar-refractivity contribution in [2.24, 2.45) is 16.7 Å². The van der Waals surface area contributed by atoms with Gasteiger partial charge in [0, 0.05) is 31.6 Å². The molecule has 0 aromatic carbocycles. The average Bonchev–Trinajstić information content (AvgIpc) is 2.64. The summed E-state index contributed by atoms with van der Waals surface area (Å²) >= 11 is 0. The van der Waals surface area contributed by atoms with Crippen molar-refractivity contribution in [2.75, 3.05) is 0 Å². The molecule has 3 rings (SSSR count). The second-order valence-corrected chi connectivity index (χ2v) is 10.9. The topological polar surface area (TPSA) is 119 Å². The van der Waals surface area contributed by atoms with Gasteiger partial charge in [-0.25, -0.2) is 0 Å². The summed E-state index contributed by atoms with van der Waals surface area (Å²) < 4.78 is 17.6. The second kappa shape index (κ2) is 7.37. The van der Waals surface area contributed by atoms with Crippen LogP contribution in [-0.2, 0) is 28.6 Å². The first-order chi connectivity index (χ1) is 14.5. The Kier molecular flexibility index (Phi) is 5.72. The lowest BCUT2D eigenvalue weighted by atomic mass is 9.39. The molecule has 2 N–H and O–H groups in total. The molecule has 0 aromatic rings. The number of rotatable bonds is 3. The molecule has 0 radical (unpaired) electrons. The predicted octanol–water partition coefficient (Wildman–Crippen LogP) is 2.09. The number of Topliss-reactive ketones (excluding diaryl/α,β-unsaturated/α-hetero) is 1. The van der Waals surface area contributed by atoms with E-state index in [1.54, 1.807) is 13.8 Å². The van der Waals surface area contributed by atoms with Crippen LogP contribution in [0.25, 0.3) is 0 Å². The molecule has 3 fully saturated rings. The van der Waals surface area contributed by atoms with Crippen LogP contribution in [0.4, 0.5) is 0 Å². The number of ether oxygens (including phenoxy) is 3. The zero-order valence-electron chi connectivity index (χ0n) is 20.1. The third-order valence-corrected chi connectivity index (χ3v) is 8.29. The lowest BCUT2D eigenvalue weighted by Gasteiger charge is -2.71. The van der Waals surface area contributed by atoms with E-state index in [1.807, 2.05) is 13.8 Å². The molecule has 2 aliphatic carbocycles. The summed E-state index contributed by atoms with van der Waals surface area (Å²) in [7, 11) is 0. The maximum Gasteiger partial charge on any atom is 0.303 e. The van der Waals surface area contributed by atoms with Crippen molar-refractivity contribution in [3.8, 4) is 0 Å². The van der Waals surface area contributed by atoms with Crippen molar-refractivity contribution in [2.45, 2.75) is 103 Å². The molecule has 0 amide bonds. The van der Waals surface area contributed by atoms with E-state index in [2.05, 4.69) is 6.58 Å². The molecule has 3 aliphatic rings. The molecule has 8 nitrogen and oxygen atoms in total. The maximum atomic E-state index is 13.8. The number of fused-ring (bicyclic) bond motifs is 3. The Morgan fingerprint density at radius 2 is 1.69 bits per heavy atom. The lowest BCUT2D eigenvalue weighted by Crippen LogP contribution is -2.86. The van der Waals surface area contributed by atoms with Crippen LogP contribution < -0.4 is 0 Å². The van der Waals surface area contributed by atoms with Crippen molar-refractivity contribution in [1.29, 1.82) is 0 Å². The summed E-state index contributed by atoms with van der Waals surface area (Å²) in [6.45, 7) is 14.9. The second-order valence-electron chi connectivity index (χ2n) is 10.9. The molecular weight excluding hydrogens is 416 g/mol. The molecular formula is C24H36O8. The maximum absolute atomic E-state index is 13.8. The Hall–Kier alpha value is -1.77. The van der Waals surface area contributed by atoms with Gasteiger partial charge in [0.1, 0.15) is 11.7 Å². The van der Waals surface area contributed by atoms with E-state index < -0.39 is 69.6 Å². The Bertz CT molecular complexity index is 851. The third kappa shape index (κ3) is 3.10. The van der Waals surface area contributed by atoms with Crippen LogP contribution in [0.2, 0.25) is 0 Å². The van der Waals surface area contributed by atoms with E-state index >= 15 is 0 Å². The summed E-state index contributed by atoms with van der Waals surface area (Å²) in [5.41, 5.74) is -7.18. The standard InChI is InChI=1S/C24H36O8/c1-9-21(6)12-15(27)24(29)22(7)16(30-13(2)25)10-11-20(4,5)18(22)17(28)19(31-14(3)26)23(24,8)32-21/h9,16-19,28-29H,1,10-12H2,2-8H3. The van der Waals surface area contributed by atoms with E-state index in [9.17, 15) is 24.6 Å². The Balaban J connectivity index is 2.35. The largest absolute Gasteiger partial charge is 0.462 e. The molecule has 8 atom stereocenters. The summed E-state index contributed by atoms with van der Waals surface area (Å²) in [5, 5.41) is 24.1. The minimum atomic E-state index is -2.22. The van der Waals surface area contributed by atoms with Gasteiger partial charge in [0.2, 0.25) is 0 Å². The van der Waals surface area contributed by atoms with Crippen LogP contribution in [-0.4, -0.2) is 63.0 Å². The van der Waals surface area contributed by atoms with Gasteiger partial charge in [-0.2, -0.15) is 0 Å². The number of ketones is 1. The molecule has 180 valence electrons. The van der Waals surface area contributed by atoms with Crippen LogP contribution in [0.3, 0.4) is 0 Å². The average molecular weight is 453 g/mol. The van der Waals surface area contributed by atoms with Crippen LogP contribution >= 0.6 is 0 Å². The van der Waals surface area contributed by atoms with Crippen molar-refractivity contribution in [3.05, 3.63) is 12.7 Å². The number of aliphatic hydroxyl groups is 2. The molecule has 32 heavy (non-hydrogen) atoms. The minimum absolute atomic E-state index is 0.166. The number of carbonyl (C=O) groups excluding carboxylic acids is 3. The molecule has 1 saturated heterocycles. The highest BCUT2D eigenvalue weighted by Gasteiger charge is 2.82. The molecule has 2 saturated carbocycles. The molecule has 0 bridgehead atoms. The van der Waals surface area contributed by atoms with Gasteiger partial charge in [0.05, 0.1) is 11.7 Å². The Morgan fingerprint density at radius 3 is 2.19 bits per heavy atom. The van der Waals surface area contributed by atoms with Gasteiger partial charge in [-0.05, 0) is 32.1 Å². The van der Waals surface area contributed by atoms with Gasteiger partial charge in [0.15, 0.2) is 17.5 Å². The van der Waals surface area contributed by atoms with Gasteiger partial charge in [-0.15, -0.1) is 6.58 Å². The van der Waals surface area contributed by atoms with Crippen molar-refractivity contribution >= 4 is 17.7 Å². The number of hydrogen-bond acceptors (Lipinski definition) is 8. The fourth-order valence-electron chi connectivity index (χ4n) is 7.02. The Labute approximate surface area is 189 Å². The van der Waals surface area contributed by atoms with E-state index in [1.165, 1.54) is 26.8 Å².